The molecule has 0 unspecified atom stereocenters. The smallest absolute Gasteiger partial charge is 0.329 e. The first kappa shape index (κ1) is 15.7. The summed E-state index contributed by atoms with van der Waals surface area (Å²) in [5.74, 6) is -1.05. The minimum absolute atomic E-state index is 0.133. The van der Waals surface area contributed by atoms with Crippen LogP contribution in [0.4, 0.5) is 4.79 Å². The number of urea groups is 1. The molecular formula is C10H20N2O5. The minimum Gasteiger partial charge on any atom is -0.480 e. The van der Waals surface area contributed by atoms with E-state index in [1.54, 1.807) is 20.9 Å². The summed E-state index contributed by atoms with van der Waals surface area (Å²) in [6.07, 6.45) is 0. The van der Waals surface area contributed by atoms with Gasteiger partial charge in [-0.15, -0.1) is 0 Å². The Labute approximate surface area is 100 Å². The lowest BCUT2D eigenvalue weighted by molar-refractivity contribution is -0.142. The molecule has 0 spiro atoms. The Balaban J connectivity index is 3.68. The second-order valence-corrected chi connectivity index (χ2v) is 4.35. The number of rotatable bonds is 7. The molecule has 100 valence electrons. The number of aliphatic hydroxyl groups is 1. The molecule has 0 aliphatic carbocycles. The van der Waals surface area contributed by atoms with Gasteiger partial charge < -0.3 is 25.2 Å². The summed E-state index contributed by atoms with van der Waals surface area (Å²) in [4.78, 5) is 22.9. The average molecular weight is 248 g/mol. The summed E-state index contributed by atoms with van der Waals surface area (Å²) in [6.45, 7) is 3.39. The molecule has 0 bridgehead atoms. The van der Waals surface area contributed by atoms with E-state index in [1.165, 1.54) is 4.90 Å². The largest absolute Gasteiger partial charge is 0.480 e. The molecule has 7 nitrogen and oxygen atoms in total. The number of hydrogen-bond donors (Lipinski definition) is 3. The zero-order valence-corrected chi connectivity index (χ0v) is 10.4. The van der Waals surface area contributed by atoms with Gasteiger partial charge in [-0.1, -0.05) is 0 Å². The van der Waals surface area contributed by atoms with Crippen LogP contribution < -0.4 is 5.32 Å². The van der Waals surface area contributed by atoms with Crippen molar-refractivity contribution in [2.45, 2.75) is 19.4 Å². The van der Waals surface area contributed by atoms with E-state index in [0.29, 0.717) is 0 Å². The predicted molar refractivity (Wildman–Crippen MR) is 60.8 cm³/mol. The molecule has 0 aromatic carbocycles. The number of carboxylic acid groups (broad SMARTS) is 1. The molecule has 0 heterocycles. The van der Waals surface area contributed by atoms with Crippen LogP contribution >= 0.6 is 0 Å². The Morgan fingerprint density at radius 3 is 2.47 bits per heavy atom. The first-order chi connectivity index (χ1) is 7.72. The third-order valence-corrected chi connectivity index (χ3v) is 1.72. The molecule has 7 heteroatoms. The zero-order chi connectivity index (χ0) is 13.5. The summed E-state index contributed by atoms with van der Waals surface area (Å²) < 4.78 is 4.74. The van der Waals surface area contributed by atoms with E-state index in [-0.39, 0.29) is 32.3 Å². The number of carbonyl (C=O) groups excluding carboxylic acids is 1. The van der Waals surface area contributed by atoms with Gasteiger partial charge >= 0.3 is 12.0 Å². The van der Waals surface area contributed by atoms with Crippen molar-refractivity contribution >= 4 is 12.0 Å². The number of carboxylic acids is 1. The van der Waals surface area contributed by atoms with Crippen LogP contribution in [0.2, 0.25) is 0 Å². The molecule has 0 fully saturated rings. The fourth-order valence-electron chi connectivity index (χ4n) is 1.18. The van der Waals surface area contributed by atoms with Crippen molar-refractivity contribution in [3.05, 3.63) is 0 Å². The van der Waals surface area contributed by atoms with E-state index in [0.717, 1.165) is 0 Å². The summed E-state index contributed by atoms with van der Waals surface area (Å²) >= 11 is 0. The van der Waals surface area contributed by atoms with Crippen LogP contribution in [0.3, 0.4) is 0 Å². The van der Waals surface area contributed by atoms with Gasteiger partial charge in [-0.2, -0.15) is 0 Å². The second kappa shape index (κ2) is 7.08. The van der Waals surface area contributed by atoms with E-state index in [4.69, 9.17) is 9.84 Å². The van der Waals surface area contributed by atoms with Crippen molar-refractivity contribution in [2.24, 2.45) is 0 Å². The van der Waals surface area contributed by atoms with Gasteiger partial charge in [-0.05, 0) is 13.8 Å². The Bertz CT molecular complexity index is 262. The van der Waals surface area contributed by atoms with Gasteiger partial charge in [0.15, 0.2) is 0 Å². The highest BCUT2D eigenvalue weighted by molar-refractivity contribution is 5.73. The van der Waals surface area contributed by atoms with Crippen LogP contribution in [-0.4, -0.2) is 66.1 Å². The molecule has 0 aliphatic rings. The van der Waals surface area contributed by atoms with Gasteiger partial charge in [0.1, 0.15) is 6.61 Å². The molecule has 0 saturated heterocycles. The van der Waals surface area contributed by atoms with E-state index in [2.05, 4.69) is 5.32 Å². The van der Waals surface area contributed by atoms with E-state index in [1.807, 2.05) is 0 Å². The lowest BCUT2D eigenvalue weighted by atomic mass is 10.1. The van der Waals surface area contributed by atoms with E-state index >= 15 is 0 Å². The van der Waals surface area contributed by atoms with Crippen molar-refractivity contribution in [3.63, 3.8) is 0 Å². The number of nitrogens with one attached hydrogen (secondary N) is 1. The molecule has 0 atom stereocenters. The van der Waals surface area contributed by atoms with Crippen molar-refractivity contribution in [3.8, 4) is 0 Å². The number of nitrogens with zero attached hydrogens (tertiary/aromatic N) is 1. The average Bonchev–Trinajstić information content (AvgIpc) is 2.13. The van der Waals surface area contributed by atoms with Gasteiger partial charge in [0, 0.05) is 13.6 Å². The van der Waals surface area contributed by atoms with E-state index in [9.17, 15) is 14.7 Å². The fourth-order valence-corrected chi connectivity index (χ4v) is 1.18. The molecular weight excluding hydrogens is 228 g/mol. The van der Waals surface area contributed by atoms with Crippen LogP contribution in [0.25, 0.3) is 0 Å². The predicted octanol–water partition coefficient (Wildman–Crippen LogP) is -0.500. The maximum atomic E-state index is 11.4. The molecule has 0 aliphatic heterocycles. The lowest BCUT2D eigenvalue weighted by Crippen LogP contribution is -2.45. The van der Waals surface area contributed by atoms with Gasteiger partial charge in [0.25, 0.3) is 0 Å². The Kier molecular flexibility index (Phi) is 6.52. The van der Waals surface area contributed by atoms with E-state index < -0.39 is 11.6 Å². The van der Waals surface area contributed by atoms with Crippen LogP contribution in [0.15, 0.2) is 0 Å². The van der Waals surface area contributed by atoms with Gasteiger partial charge in [-0.3, -0.25) is 0 Å². The molecule has 0 radical (unpaired) electrons. The molecule has 17 heavy (non-hydrogen) atoms. The Morgan fingerprint density at radius 2 is 2.00 bits per heavy atom. The highest BCUT2D eigenvalue weighted by Gasteiger charge is 2.18. The maximum Gasteiger partial charge on any atom is 0.329 e. The second-order valence-electron chi connectivity index (χ2n) is 4.35. The monoisotopic (exact) mass is 248 g/mol. The molecule has 0 aromatic rings. The van der Waals surface area contributed by atoms with Crippen molar-refractivity contribution in [1.29, 1.82) is 0 Å². The fraction of sp³-hybridized carbons (Fsp3) is 0.800. The number of amides is 2. The van der Waals surface area contributed by atoms with Gasteiger partial charge in [0.2, 0.25) is 0 Å². The number of ether oxygens (including phenoxy) is 1. The van der Waals surface area contributed by atoms with Crippen molar-refractivity contribution < 1.29 is 24.5 Å². The number of aliphatic carboxylic acids is 1. The minimum atomic E-state index is -1.05. The standard InChI is InChI=1S/C10H20N2O5/c1-10(2,16)7-12(3)9(15)11-4-5-17-6-8(13)14/h16H,4-7H2,1-3H3,(H,11,15)(H,13,14). The Morgan fingerprint density at radius 1 is 1.41 bits per heavy atom. The number of carbonyl (C=O) groups is 2. The zero-order valence-electron chi connectivity index (χ0n) is 10.4. The van der Waals surface area contributed by atoms with Crippen molar-refractivity contribution in [1.82, 2.24) is 10.2 Å². The molecule has 2 amide bonds. The first-order valence-electron chi connectivity index (χ1n) is 5.23. The molecule has 0 rings (SSSR count). The molecule has 0 aromatic heterocycles. The molecule has 0 saturated carbocycles. The third-order valence-electron chi connectivity index (χ3n) is 1.72. The van der Waals surface area contributed by atoms with Crippen LogP contribution in [-0.2, 0) is 9.53 Å². The van der Waals surface area contributed by atoms with Crippen LogP contribution in [0.1, 0.15) is 13.8 Å². The maximum absolute atomic E-state index is 11.4. The number of likely N-dealkylation sites (N-methyl/N-ethyl adjacent to an activating group) is 1. The van der Waals surface area contributed by atoms with Gasteiger partial charge in [0.05, 0.1) is 18.8 Å². The topological polar surface area (TPSA) is 99.1 Å². The normalized spacial score (nSPS) is 11.1. The SMILES string of the molecule is CN(CC(C)(C)O)C(=O)NCCOCC(=O)O. The van der Waals surface area contributed by atoms with Crippen molar-refractivity contribution in [2.75, 3.05) is 33.4 Å². The summed E-state index contributed by atoms with van der Waals surface area (Å²) in [5.41, 5.74) is -0.952. The molecule has 3 N–H and O–H groups in total. The Hall–Kier alpha value is -1.34. The van der Waals surface area contributed by atoms with Crippen LogP contribution in [0, 0.1) is 0 Å². The summed E-state index contributed by atoms with van der Waals surface area (Å²) in [6, 6.07) is -0.342. The first-order valence-corrected chi connectivity index (χ1v) is 5.23. The highest BCUT2D eigenvalue weighted by atomic mass is 16.5. The van der Waals surface area contributed by atoms with Crippen LogP contribution in [0.5, 0.6) is 0 Å². The highest BCUT2D eigenvalue weighted by Crippen LogP contribution is 2.02. The lowest BCUT2D eigenvalue weighted by Gasteiger charge is -2.25. The summed E-state index contributed by atoms with van der Waals surface area (Å²) in [5, 5.41) is 20.3. The third kappa shape index (κ3) is 9.58. The quantitative estimate of drug-likeness (QED) is 0.527. The van der Waals surface area contributed by atoms with Gasteiger partial charge in [-0.25, -0.2) is 9.59 Å². The summed E-state index contributed by atoms with van der Waals surface area (Å²) in [7, 11) is 1.56. The number of hydrogen-bond acceptors (Lipinski definition) is 4.